The smallest absolute Gasteiger partial charge is 0.222 e. The maximum atomic E-state index is 13.1. The van der Waals surface area contributed by atoms with Crippen LogP contribution < -0.4 is 0 Å². The monoisotopic (exact) mass is 258 g/mol. The summed E-state index contributed by atoms with van der Waals surface area (Å²) in [6.07, 6.45) is 1.42. The lowest BCUT2D eigenvalue weighted by Crippen LogP contribution is -1.96. The Morgan fingerprint density at radius 1 is 1.12 bits per heavy atom. The van der Waals surface area contributed by atoms with E-state index in [1.807, 2.05) is 0 Å². The number of hydrogen-bond acceptors (Lipinski definition) is 2. The Labute approximate surface area is 100 Å². The van der Waals surface area contributed by atoms with Gasteiger partial charge in [0.15, 0.2) is 17.5 Å². The van der Waals surface area contributed by atoms with Gasteiger partial charge in [0.05, 0.1) is 5.69 Å². The zero-order chi connectivity index (χ0) is 12.6. The van der Waals surface area contributed by atoms with E-state index in [0.29, 0.717) is 5.56 Å². The average molecular weight is 259 g/mol. The molecule has 0 atom stereocenters. The molecule has 1 heterocycles. The zero-order valence-electron chi connectivity index (χ0n) is 8.64. The molecule has 0 bridgehead atoms. The van der Waals surface area contributed by atoms with E-state index in [0.717, 1.165) is 12.1 Å². The summed E-state index contributed by atoms with van der Waals surface area (Å²) in [5.74, 6) is -4.05. The van der Waals surface area contributed by atoms with Gasteiger partial charge in [-0.25, -0.2) is 23.1 Å². The Morgan fingerprint density at radius 2 is 1.71 bits per heavy atom. The van der Waals surface area contributed by atoms with Crippen molar-refractivity contribution in [2.45, 2.75) is 6.92 Å². The Morgan fingerprint density at radius 3 is 2.29 bits per heavy atom. The molecule has 0 aliphatic rings. The largest absolute Gasteiger partial charge is 0.226 e. The summed E-state index contributed by atoms with van der Waals surface area (Å²) in [5.41, 5.74) is 0.964. The number of nitrogens with zero attached hydrogens (tertiary/aromatic N) is 2. The number of aryl methyl sites for hydroxylation is 1. The molecule has 88 valence electrons. The molecule has 0 aliphatic carbocycles. The van der Waals surface area contributed by atoms with E-state index in [1.165, 1.54) is 6.20 Å². The predicted octanol–water partition coefficient (Wildman–Crippen LogP) is 3.52. The highest BCUT2D eigenvalue weighted by Gasteiger charge is 2.14. The van der Waals surface area contributed by atoms with Gasteiger partial charge < -0.3 is 0 Å². The average Bonchev–Trinajstić information content (AvgIpc) is 2.28. The fraction of sp³-hybridized carbons (Fsp3) is 0.0909. The van der Waals surface area contributed by atoms with Gasteiger partial charge in [-0.15, -0.1) is 0 Å². The lowest BCUT2D eigenvalue weighted by Gasteiger charge is -2.06. The molecule has 1 aromatic heterocycles. The van der Waals surface area contributed by atoms with Crippen LogP contribution >= 0.6 is 11.6 Å². The molecule has 1 aromatic carbocycles. The van der Waals surface area contributed by atoms with Crippen molar-refractivity contribution in [2.75, 3.05) is 0 Å². The third-order valence-electron chi connectivity index (χ3n) is 2.20. The third kappa shape index (κ3) is 2.24. The second-order valence-electron chi connectivity index (χ2n) is 3.42. The third-order valence-corrected chi connectivity index (χ3v) is 2.38. The molecule has 2 nitrogen and oxygen atoms in total. The highest BCUT2D eigenvalue weighted by atomic mass is 35.5. The topological polar surface area (TPSA) is 25.8 Å². The summed E-state index contributed by atoms with van der Waals surface area (Å²) in [7, 11) is 0. The van der Waals surface area contributed by atoms with Crippen LogP contribution in [0.15, 0.2) is 18.3 Å². The molecule has 0 fully saturated rings. The number of rotatable bonds is 1. The van der Waals surface area contributed by atoms with E-state index in [4.69, 9.17) is 11.6 Å². The lowest BCUT2D eigenvalue weighted by molar-refractivity contribution is 0.447. The SMILES string of the molecule is Cc1cnc(Cl)nc1-c1cc(F)c(F)c(F)c1. The maximum absolute atomic E-state index is 13.1. The Kier molecular flexibility index (Phi) is 3.02. The normalized spacial score (nSPS) is 10.6. The van der Waals surface area contributed by atoms with Gasteiger partial charge in [-0.3, -0.25) is 0 Å². The van der Waals surface area contributed by atoms with Crippen LogP contribution in [0.2, 0.25) is 5.28 Å². The second kappa shape index (κ2) is 4.33. The van der Waals surface area contributed by atoms with Gasteiger partial charge in [0.1, 0.15) is 0 Å². The van der Waals surface area contributed by atoms with Crippen molar-refractivity contribution in [3.8, 4) is 11.3 Å². The van der Waals surface area contributed by atoms with Crippen LogP contribution in [0.25, 0.3) is 11.3 Å². The van der Waals surface area contributed by atoms with E-state index in [9.17, 15) is 13.2 Å². The van der Waals surface area contributed by atoms with Crippen LogP contribution in [0.3, 0.4) is 0 Å². The lowest BCUT2D eigenvalue weighted by atomic mass is 10.1. The standard InChI is InChI=1S/C11H6ClF3N2/c1-5-4-16-11(12)17-10(5)6-2-7(13)9(15)8(14)3-6/h2-4H,1H3. The zero-order valence-corrected chi connectivity index (χ0v) is 9.39. The van der Waals surface area contributed by atoms with E-state index < -0.39 is 17.5 Å². The highest BCUT2D eigenvalue weighted by molar-refractivity contribution is 6.28. The van der Waals surface area contributed by atoms with Crippen molar-refractivity contribution in [1.29, 1.82) is 0 Å². The fourth-order valence-corrected chi connectivity index (χ4v) is 1.54. The predicted molar refractivity (Wildman–Crippen MR) is 57.1 cm³/mol. The second-order valence-corrected chi connectivity index (χ2v) is 3.76. The van der Waals surface area contributed by atoms with Gasteiger partial charge in [-0.2, -0.15) is 0 Å². The molecule has 2 rings (SSSR count). The Hall–Kier alpha value is -1.62. The summed E-state index contributed by atoms with van der Waals surface area (Å²) in [6, 6.07) is 1.73. The van der Waals surface area contributed by atoms with Gasteiger partial charge in [-0.05, 0) is 36.2 Å². The molecule has 17 heavy (non-hydrogen) atoms. The molecule has 0 saturated carbocycles. The summed E-state index contributed by atoms with van der Waals surface area (Å²) in [5, 5.41) is -0.0456. The number of benzene rings is 1. The van der Waals surface area contributed by atoms with Gasteiger partial charge in [0.25, 0.3) is 0 Å². The number of halogens is 4. The molecule has 0 unspecified atom stereocenters. The molecule has 0 aliphatic heterocycles. The molecule has 0 saturated heterocycles. The molecular formula is C11H6ClF3N2. The summed E-state index contributed by atoms with van der Waals surface area (Å²) in [4.78, 5) is 7.57. The van der Waals surface area contributed by atoms with E-state index in [1.54, 1.807) is 6.92 Å². The minimum Gasteiger partial charge on any atom is -0.226 e. The van der Waals surface area contributed by atoms with Crippen molar-refractivity contribution in [2.24, 2.45) is 0 Å². The van der Waals surface area contributed by atoms with Crippen molar-refractivity contribution >= 4 is 11.6 Å². The van der Waals surface area contributed by atoms with Gasteiger partial charge in [0.2, 0.25) is 5.28 Å². The summed E-state index contributed by atoms with van der Waals surface area (Å²) < 4.78 is 38.9. The molecule has 6 heteroatoms. The fourth-order valence-electron chi connectivity index (χ4n) is 1.40. The molecule has 0 spiro atoms. The van der Waals surface area contributed by atoms with Crippen molar-refractivity contribution < 1.29 is 13.2 Å². The summed E-state index contributed by atoms with van der Waals surface area (Å²) >= 11 is 5.59. The first-order valence-corrected chi connectivity index (χ1v) is 5.01. The molecule has 0 N–H and O–H groups in total. The van der Waals surface area contributed by atoms with Crippen molar-refractivity contribution in [3.05, 3.63) is 46.6 Å². The van der Waals surface area contributed by atoms with Crippen molar-refractivity contribution in [3.63, 3.8) is 0 Å². The maximum Gasteiger partial charge on any atom is 0.222 e. The van der Waals surface area contributed by atoms with Crippen LogP contribution in [0.1, 0.15) is 5.56 Å². The molecule has 2 aromatic rings. The van der Waals surface area contributed by atoms with Crippen LogP contribution in [-0.4, -0.2) is 9.97 Å². The van der Waals surface area contributed by atoms with E-state index >= 15 is 0 Å². The number of aromatic nitrogens is 2. The Bertz CT molecular complexity index is 564. The Balaban J connectivity index is 2.64. The number of hydrogen-bond donors (Lipinski definition) is 0. The van der Waals surface area contributed by atoms with E-state index in [-0.39, 0.29) is 16.5 Å². The van der Waals surface area contributed by atoms with E-state index in [2.05, 4.69) is 9.97 Å². The molecule has 0 amide bonds. The first-order valence-electron chi connectivity index (χ1n) is 4.63. The highest BCUT2D eigenvalue weighted by Crippen LogP contribution is 2.25. The molecular weight excluding hydrogens is 253 g/mol. The minimum absolute atomic E-state index is 0.0456. The quantitative estimate of drug-likeness (QED) is 0.578. The van der Waals surface area contributed by atoms with Gasteiger partial charge in [-0.1, -0.05) is 0 Å². The minimum atomic E-state index is -1.51. The first-order chi connectivity index (χ1) is 7.99. The van der Waals surface area contributed by atoms with Gasteiger partial charge >= 0.3 is 0 Å². The molecule has 0 radical (unpaired) electrons. The summed E-state index contributed by atoms with van der Waals surface area (Å²) in [6.45, 7) is 1.66. The van der Waals surface area contributed by atoms with Crippen molar-refractivity contribution in [1.82, 2.24) is 9.97 Å². The van der Waals surface area contributed by atoms with Gasteiger partial charge in [0, 0.05) is 11.8 Å². The van der Waals surface area contributed by atoms with Crippen LogP contribution in [-0.2, 0) is 0 Å². The van der Waals surface area contributed by atoms with Crippen LogP contribution in [0.5, 0.6) is 0 Å². The first kappa shape index (κ1) is 11.9. The van der Waals surface area contributed by atoms with Crippen LogP contribution in [0.4, 0.5) is 13.2 Å². The van der Waals surface area contributed by atoms with Crippen LogP contribution in [0, 0.1) is 24.4 Å².